The number of nitrogens with one attached hydrogen (secondary N) is 3. The van der Waals surface area contributed by atoms with Gasteiger partial charge in [-0.3, -0.25) is 9.59 Å². The summed E-state index contributed by atoms with van der Waals surface area (Å²) < 4.78 is 27.4. The highest BCUT2D eigenvalue weighted by Crippen LogP contribution is 2.25. The molecule has 0 saturated heterocycles. The van der Waals surface area contributed by atoms with Gasteiger partial charge >= 0.3 is 0 Å². The maximum Gasteiger partial charge on any atom is 0.252 e. The quantitative estimate of drug-likeness (QED) is 0.561. The van der Waals surface area contributed by atoms with E-state index in [9.17, 15) is 18.0 Å². The largest absolute Gasteiger partial charge is 0.344 e. The molecule has 0 heterocycles. The topological polar surface area (TPSA) is 104 Å². The van der Waals surface area contributed by atoms with Crippen LogP contribution in [0.1, 0.15) is 23.2 Å². The first kappa shape index (κ1) is 18.4. The van der Waals surface area contributed by atoms with Crippen molar-refractivity contribution in [1.29, 1.82) is 0 Å². The van der Waals surface area contributed by atoms with E-state index in [-0.39, 0.29) is 29.6 Å². The van der Waals surface area contributed by atoms with E-state index in [1.807, 2.05) is 0 Å². The van der Waals surface area contributed by atoms with E-state index in [1.165, 1.54) is 18.2 Å². The minimum atomic E-state index is -3.67. The van der Waals surface area contributed by atoms with Crippen molar-refractivity contribution in [1.82, 2.24) is 15.4 Å². The SMILES string of the molecule is C#CCNC(=O)CNC(=O)c1cc(S(=O)(=O)NC2CC2)ccc1Br. The molecule has 1 aromatic rings. The van der Waals surface area contributed by atoms with Gasteiger partial charge < -0.3 is 10.6 Å². The van der Waals surface area contributed by atoms with Gasteiger partial charge in [0.25, 0.3) is 5.91 Å². The first-order valence-electron chi connectivity index (χ1n) is 7.13. The lowest BCUT2D eigenvalue weighted by molar-refractivity contribution is -0.119. The molecule has 0 aliphatic heterocycles. The summed E-state index contributed by atoms with van der Waals surface area (Å²) in [6.45, 7) is -0.191. The van der Waals surface area contributed by atoms with Gasteiger partial charge in [-0.15, -0.1) is 6.42 Å². The summed E-state index contributed by atoms with van der Waals surface area (Å²) >= 11 is 3.21. The molecule has 7 nitrogen and oxygen atoms in total. The molecular formula is C15H16BrN3O4S. The lowest BCUT2D eigenvalue weighted by Crippen LogP contribution is -2.37. The zero-order valence-corrected chi connectivity index (χ0v) is 15.0. The van der Waals surface area contributed by atoms with Gasteiger partial charge in [0, 0.05) is 10.5 Å². The molecule has 0 aromatic heterocycles. The molecule has 24 heavy (non-hydrogen) atoms. The lowest BCUT2D eigenvalue weighted by atomic mass is 10.2. The van der Waals surface area contributed by atoms with Crippen molar-refractivity contribution in [3.05, 3.63) is 28.2 Å². The van der Waals surface area contributed by atoms with E-state index in [0.717, 1.165) is 12.8 Å². The second kappa shape index (κ2) is 7.79. The Labute approximate surface area is 148 Å². The van der Waals surface area contributed by atoms with Crippen LogP contribution in [0.25, 0.3) is 0 Å². The molecule has 0 radical (unpaired) electrons. The Morgan fingerprint density at radius 3 is 2.62 bits per heavy atom. The van der Waals surface area contributed by atoms with Crippen LogP contribution in [0, 0.1) is 12.3 Å². The van der Waals surface area contributed by atoms with Crippen LogP contribution in [0.3, 0.4) is 0 Å². The fourth-order valence-electron chi connectivity index (χ4n) is 1.80. The molecule has 1 saturated carbocycles. The van der Waals surface area contributed by atoms with E-state index in [4.69, 9.17) is 6.42 Å². The number of hydrogen-bond donors (Lipinski definition) is 3. The van der Waals surface area contributed by atoms with Gasteiger partial charge in [0.15, 0.2) is 0 Å². The monoisotopic (exact) mass is 413 g/mol. The third-order valence-electron chi connectivity index (χ3n) is 3.19. The molecule has 0 unspecified atom stereocenters. The van der Waals surface area contributed by atoms with Gasteiger partial charge in [-0.1, -0.05) is 5.92 Å². The lowest BCUT2D eigenvalue weighted by Gasteiger charge is -2.10. The minimum absolute atomic E-state index is 0.000432. The summed E-state index contributed by atoms with van der Waals surface area (Å²) in [4.78, 5) is 23.6. The number of sulfonamides is 1. The summed E-state index contributed by atoms with van der Waals surface area (Å²) in [5.41, 5.74) is 0.124. The van der Waals surface area contributed by atoms with Crippen molar-refractivity contribution in [2.45, 2.75) is 23.8 Å². The molecule has 3 N–H and O–H groups in total. The van der Waals surface area contributed by atoms with Crippen LogP contribution in [0.15, 0.2) is 27.6 Å². The number of carbonyl (C=O) groups excluding carboxylic acids is 2. The number of hydrogen-bond acceptors (Lipinski definition) is 4. The third-order valence-corrected chi connectivity index (χ3v) is 5.40. The van der Waals surface area contributed by atoms with Gasteiger partial charge in [-0.25, -0.2) is 13.1 Å². The van der Waals surface area contributed by atoms with Crippen LogP contribution in [-0.4, -0.2) is 39.4 Å². The fraction of sp³-hybridized carbons (Fsp3) is 0.333. The number of amides is 2. The number of terminal acetylenes is 1. The van der Waals surface area contributed by atoms with E-state index in [0.29, 0.717) is 4.47 Å². The smallest absolute Gasteiger partial charge is 0.252 e. The van der Waals surface area contributed by atoms with Crippen molar-refractivity contribution in [3.63, 3.8) is 0 Å². The van der Waals surface area contributed by atoms with Crippen LogP contribution < -0.4 is 15.4 Å². The summed E-state index contributed by atoms with van der Waals surface area (Å²) in [5.74, 6) is 1.24. The zero-order chi connectivity index (χ0) is 17.7. The molecule has 9 heteroatoms. The third kappa shape index (κ3) is 5.06. The van der Waals surface area contributed by atoms with E-state index < -0.39 is 21.8 Å². The van der Waals surface area contributed by atoms with E-state index in [1.54, 1.807) is 0 Å². The highest BCUT2D eigenvalue weighted by Gasteiger charge is 2.28. The molecule has 1 aliphatic rings. The Morgan fingerprint density at radius 2 is 2.00 bits per heavy atom. The highest BCUT2D eigenvalue weighted by molar-refractivity contribution is 9.10. The number of carbonyl (C=O) groups is 2. The van der Waals surface area contributed by atoms with Crippen LogP contribution in [0.4, 0.5) is 0 Å². The van der Waals surface area contributed by atoms with Crippen molar-refractivity contribution in [2.24, 2.45) is 0 Å². The van der Waals surface area contributed by atoms with Gasteiger partial charge in [-0.05, 0) is 47.0 Å². The molecular weight excluding hydrogens is 398 g/mol. The predicted molar refractivity (Wildman–Crippen MR) is 91.7 cm³/mol. The maximum absolute atomic E-state index is 12.2. The fourth-order valence-corrected chi connectivity index (χ4v) is 3.56. The normalized spacial score (nSPS) is 13.8. The number of benzene rings is 1. The molecule has 2 rings (SSSR count). The molecule has 1 fully saturated rings. The summed E-state index contributed by atoms with van der Waals surface area (Å²) in [5, 5.41) is 4.83. The summed E-state index contributed by atoms with van der Waals surface area (Å²) in [6.07, 6.45) is 6.65. The zero-order valence-electron chi connectivity index (χ0n) is 12.6. The molecule has 128 valence electrons. The Kier molecular flexibility index (Phi) is 5.99. The van der Waals surface area contributed by atoms with Gasteiger partial charge in [0.1, 0.15) is 0 Å². The molecule has 0 spiro atoms. The second-order valence-corrected chi connectivity index (χ2v) is 7.77. The van der Waals surface area contributed by atoms with Crippen molar-refractivity contribution >= 4 is 37.8 Å². The molecule has 1 aromatic carbocycles. The Balaban J connectivity index is 2.09. The molecule has 0 bridgehead atoms. The van der Waals surface area contributed by atoms with Crippen molar-refractivity contribution in [2.75, 3.05) is 13.1 Å². The average Bonchev–Trinajstić information content (AvgIpc) is 3.34. The van der Waals surface area contributed by atoms with Crippen LogP contribution >= 0.6 is 15.9 Å². The molecule has 0 atom stereocenters. The first-order chi connectivity index (χ1) is 11.3. The average molecular weight is 414 g/mol. The van der Waals surface area contributed by atoms with Gasteiger partial charge in [0.05, 0.1) is 23.5 Å². The predicted octanol–water partition coefficient (Wildman–Crippen LogP) is 0.369. The second-order valence-electron chi connectivity index (χ2n) is 5.20. The Bertz CT molecular complexity index is 797. The maximum atomic E-state index is 12.2. The van der Waals surface area contributed by atoms with E-state index in [2.05, 4.69) is 37.2 Å². The van der Waals surface area contributed by atoms with Crippen LogP contribution in [0.2, 0.25) is 0 Å². The highest BCUT2D eigenvalue weighted by atomic mass is 79.9. The van der Waals surface area contributed by atoms with Crippen LogP contribution in [0.5, 0.6) is 0 Å². The van der Waals surface area contributed by atoms with Crippen molar-refractivity contribution in [3.8, 4) is 12.3 Å². The number of halogens is 1. The Morgan fingerprint density at radius 1 is 1.29 bits per heavy atom. The number of rotatable bonds is 7. The van der Waals surface area contributed by atoms with Crippen molar-refractivity contribution < 1.29 is 18.0 Å². The minimum Gasteiger partial charge on any atom is -0.344 e. The van der Waals surface area contributed by atoms with Gasteiger partial charge in [0.2, 0.25) is 15.9 Å². The first-order valence-corrected chi connectivity index (χ1v) is 9.41. The van der Waals surface area contributed by atoms with E-state index >= 15 is 0 Å². The Hall–Kier alpha value is -1.89. The molecule has 1 aliphatic carbocycles. The van der Waals surface area contributed by atoms with Crippen LogP contribution in [-0.2, 0) is 14.8 Å². The summed E-state index contributed by atoms with van der Waals surface area (Å²) in [7, 11) is -3.67. The standard InChI is InChI=1S/C15H16BrN3O4S/c1-2-7-17-14(20)9-18-15(21)12-8-11(5-6-13(12)16)24(22,23)19-10-3-4-10/h1,5-6,8,10,19H,3-4,7,9H2,(H,17,20)(H,18,21). The summed E-state index contributed by atoms with van der Waals surface area (Å²) in [6, 6.07) is 4.12. The molecule has 2 amide bonds. The van der Waals surface area contributed by atoms with Gasteiger partial charge in [-0.2, -0.15) is 0 Å².